The maximum absolute atomic E-state index is 12.7. The minimum atomic E-state index is -0.130. The molecule has 0 atom stereocenters. The molecule has 140 valence electrons. The van der Waals surface area contributed by atoms with Gasteiger partial charge in [-0.1, -0.05) is 42.2 Å². The molecule has 5 nitrogen and oxygen atoms in total. The molecule has 2 N–H and O–H groups in total. The van der Waals surface area contributed by atoms with E-state index >= 15 is 0 Å². The number of thiocarbonyl (C=S) groups is 1. The zero-order valence-corrected chi connectivity index (χ0v) is 16.3. The summed E-state index contributed by atoms with van der Waals surface area (Å²) >= 11 is 6.62. The SMILES string of the molecule is CCOc1cc(/C=C2\SC(=S)N(CCc3ccc(O)cc3)C2=O)ccc1O. The van der Waals surface area contributed by atoms with Gasteiger partial charge in [0.05, 0.1) is 11.5 Å². The van der Waals surface area contributed by atoms with E-state index in [9.17, 15) is 15.0 Å². The number of phenolic OH excluding ortho intramolecular Hbond substituents is 2. The Bertz CT molecular complexity index is 893. The Balaban J connectivity index is 1.72. The van der Waals surface area contributed by atoms with Gasteiger partial charge < -0.3 is 14.9 Å². The summed E-state index contributed by atoms with van der Waals surface area (Å²) in [6, 6.07) is 11.9. The molecule has 0 spiro atoms. The summed E-state index contributed by atoms with van der Waals surface area (Å²) in [5, 5.41) is 19.1. The van der Waals surface area contributed by atoms with E-state index in [2.05, 4.69) is 0 Å². The van der Waals surface area contributed by atoms with E-state index in [4.69, 9.17) is 17.0 Å². The van der Waals surface area contributed by atoms with E-state index in [0.717, 1.165) is 11.1 Å². The topological polar surface area (TPSA) is 70.0 Å². The van der Waals surface area contributed by atoms with Crippen LogP contribution in [-0.4, -0.2) is 38.5 Å². The van der Waals surface area contributed by atoms with E-state index in [1.807, 2.05) is 19.1 Å². The van der Waals surface area contributed by atoms with Crippen LogP contribution < -0.4 is 4.74 Å². The summed E-state index contributed by atoms with van der Waals surface area (Å²) in [5.74, 6) is 0.534. The molecule has 0 saturated carbocycles. The van der Waals surface area contributed by atoms with Gasteiger partial charge in [-0.15, -0.1) is 0 Å². The van der Waals surface area contributed by atoms with Crippen molar-refractivity contribution in [3.63, 3.8) is 0 Å². The monoisotopic (exact) mass is 401 g/mol. The van der Waals surface area contributed by atoms with Crippen LogP contribution in [-0.2, 0) is 11.2 Å². The molecule has 0 aromatic heterocycles. The minimum Gasteiger partial charge on any atom is -0.508 e. The van der Waals surface area contributed by atoms with Crippen LogP contribution in [0.1, 0.15) is 18.1 Å². The Morgan fingerprint density at radius 2 is 1.93 bits per heavy atom. The minimum absolute atomic E-state index is 0.0652. The third-order valence-corrected chi connectivity index (χ3v) is 5.39. The van der Waals surface area contributed by atoms with Crippen LogP contribution in [0.25, 0.3) is 6.08 Å². The third-order valence-electron chi connectivity index (χ3n) is 4.02. The van der Waals surface area contributed by atoms with Crippen molar-refractivity contribution in [1.82, 2.24) is 4.90 Å². The smallest absolute Gasteiger partial charge is 0.266 e. The van der Waals surface area contributed by atoms with Crippen LogP contribution in [0.3, 0.4) is 0 Å². The summed E-state index contributed by atoms with van der Waals surface area (Å²) in [6.45, 7) is 2.76. The lowest BCUT2D eigenvalue weighted by atomic mass is 10.1. The van der Waals surface area contributed by atoms with Crippen LogP contribution in [0.15, 0.2) is 47.4 Å². The van der Waals surface area contributed by atoms with Gasteiger partial charge in [0.2, 0.25) is 0 Å². The molecule has 1 aliphatic rings. The van der Waals surface area contributed by atoms with Crippen LogP contribution in [0, 0.1) is 0 Å². The number of phenols is 2. The Labute approximate surface area is 167 Å². The molecule has 1 heterocycles. The van der Waals surface area contributed by atoms with Crippen molar-refractivity contribution in [2.24, 2.45) is 0 Å². The molecule has 2 aromatic carbocycles. The Morgan fingerprint density at radius 3 is 2.63 bits per heavy atom. The molecule has 3 rings (SSSR count). The molecule has 0 bridgehead atoms. The van der Waals surface area contributed by atoms with Gasteiger partial charge >= 0.3 is 0 Å². The van der Waals surface area contributed by atoms with Crippen molar-refractivity contribution in [2.75, 3.05) is 13.2 Å². The fraction of sp³-hybridized carbons (Fsp3) is 0.200. The molecule has 1 saturated heterocycles. The van der Waals surface area contributed by atoms with Gasteiger partial charge in [-0.25, -0.2) is 0 Å². The normalized spacial score (nSPS) is 15.6. The van der Waals surface area contributed by atoms with E-state index < -0.39 is 0 Å². The highest BCUT2D eigenvalue weighted by Gasteiger charge is 2.31. The number of hydrogen-bond donors (Lipinski definition) is 2. The first kappa shape index (κ1) is 19.3. The maximum atomic E-state index is 12.7. The van der Waals surface area contributed by atoms with Crippen molar-refractivity contribution < 1.29 is 19.7 Å². The summed E-state index contributed by atoms with van der Waals surface area (Å²) in [4.78, 5) is 14.8. The van der Waals surface area contributed by atoms with Crippen molar-refractivity contribution in [2.45, 2.75) is 13.3 Å². The number of benzene rings is 2. The first-order valence-electron chi connectivity index (χ1n) is 8.47. The van der Waals surface area contributed by atoms with Crippen molar-refractivity contribution in [3.8, 4) is 17.2 Å². The van der Waals surface area contributed by atoms with Gasteiger partial charge in [-0.05, 0) is 54.8 Å². The first-order chi connectivity index (χ1) is 13.0. The fourth-order valence-corrected chi connectivity index (χ4v) is 3.95. The van der Waals surface area contributed by atoms with Crippen LogP contribution in [0.2, 0.25) is 0 Å². The second kappa shape index (κ2) is 8.45. The number of amides is 1. The molecule has 0 unspecified atom stereocenters. The first-order valence-corrected chi connectivity index (χ1v) is 9.69. The number of hydrogen-bond acceptors (Lipinski definition) is 6. The molecule has 1 fully saturated rings. The zero-order valence-electron chi connectivity index (χ0n) is 14.7. The maximum Gasteiger partial charge on any atom is 0.266 e. The van der Waals surface area contributed by atoms with Gasteiger partial charge in [0.15, 0.2) is 11.5 Å². The van der Waals surface area contributed by atoms with E-state index in [0.29, 0.717) is 34.5 Å². The van der Waals surface area contributed by atoms with E-state index in [-0.39, 0.29) is 17.4 Å². The van der Waals surface area contributed by atoms with Crippen LogP contribution in [0.4, 0.5) is 0 Å². The van der Waals surface area contributed by atoms with Crippen LogP contribution >= 0.6 is 24.0 Å². The van der Waals surface area contributed by atoms with E-state index in [1.165, 1.54) is 11.8 Å². The number of nitrogens with zero attached hydrogens (tertiary/aromatic N) is 1. The molecule has 7 heteroatoms. The predicted octanol–water partition coefficient (Wildman–Crippen LogP) is 3.94. The molecule has 1 amide bonds. The van der Waals surface area contributed by atoms with E-state index in [1.54, 1.807) is 41.3 Å². The lowest BCUT2D eigenvalue weighted by Crippen LogP contribution is -2.30. The molecule has 1 aliphatic heterocycles. The number of rotatable bonds is 6. The number of thioether (sulfide) groups is 1. The number of ether oxygens (including phenoxy) is 1. The highest BCUT2D eigenvalue weighted by molar-refractivity contribution is 8.26. The number of aromatic hydroxyl groups is 2. The van der Waals surface area contributed by atoms with Crippen molar-refractivity contribution >= 4 is 40.3 Å². The Kier molecular flexibility index (Phi) is 6.03. The lowest BCUT2D eigenvalue weighted by Gasteiger charge is -2.14. The fourth-order valence-electron chi connectivity index (χ4n) is 2.64. The Morgan fingerprint density at radius 1 is 1.19 bits per heavy atom. The van der Waals surface area contributed by atoms with Gasteiger partial charge in [0.25, 0.3) is 5.91 Å². The second-order valence-electron chi connectivity index (χ2n) is 5.91. The molecule has 0 aliphatic carbocycles. The predicted molar refractivity (Wildman–Crippen MR) is 111 cm³/mol. The largest absolute Gasteiger partial charge is 0.508 e. The molecular formula is C20H19NO4S2. The van der Waals surface area contributed by atoms with Crippen LogP contribution in [0.5, 0.6) is 17.2 Å². The van der Waals surface area contributed by atoms with Gasteiger partial charge in [0.1, 0.15) is 10.1 Å². The second-order valence-corrected chi connectivity index (χ2v) is 7.59. The molecule has 27 heavy (non-hydrogen) atoms. The highest BCUT2D eigenvalue weighted by atomic mass is 32.2. The van der Waals surface area contributed by atoms with Gasteiger partial charge in [-0.3, -0.25) is 9.69 Å². The van der Waals surface area contributed by atoms with Gasteiger partial charge in [0, 0.05) is 6.54 Å². The molecule has 0 radical (unpaired) electrons. The summed E-state index contributed by atoms with van der Waals surface area (Å²) in [7, 11) is 0. The summed E-state index contributed by atoms with van der Waals surface area (Å²) < 4.78 is 5.90. The van der Waals surface area contributed by atoms with Crippen molar-refractivity contribution in [1.29, 1.82) is 0 Å². The number of carbonyl (C=O) groups excluding carboxylic acids is 1. The standard InChI is InChI=1S/C20H19NO4S2/c1-2-25-17-11-14(5-8-16(17)23)12-18-19(24)21(20(26)27-18)10-9-13-3-6-15(22)7-4-13/h3-8,11-12,22-23H,2,9-10H2,1H3/b18-12-. The third kappa shape index (κ3) is 4.61. The summed E-state index contributed by atoms with van der Waals surface area (Å²) in [5.41, 5.74) is 1.78. The summed E-state index contributed by atoms with van der Waals surface area (Å²) in [6.07, 6.45) is 2.40. The Hall–Kier alpha value is -2.51. The average Bonchev–Trinajstić information content (AvgIpc) is 2.91. The molecular weight excluding hydrogens is 382 g/mol. The highest BCUT2D eigenvalue weighted by Crippen LogP contribution is 2.34. The zero-order chi connectivity index (χ0) is 19.4. The lowest BCUT2D eigenvalue weighted by molar-refractivity contribution is -0.122. The number of carbonyl (C=O) groups is 1. The molecule has 2 aromatic rings. The van der Waals surface area contributed by atoms with Gasteiger partial charge in [-0.2, -0.15) is 0 Å². The van der Waals surface area contributed by atoms with Crippen molar-refractivity contribution in [3.05, 3.63) is 58.5 Å². The average molecular weight is 402 g/mol. The quantitative estimate of drug-likeness (QED) is 0.564.